The van der Waals surface area contributed by atoms with Crippen molar-refractivity contribution in [2.45, 2.75) is 32.5 Å². The Balaban J connectivity index is 1.48. The molecule has 7 heteroatoms. The van der Waals surface area contributed by atoms with Crippen LogP contribution in [-0.4, -0.2) is 22.0 Å². The van der Waals surface area contributed by atoms with Crippen molar-refractivity contribution < 1.29 is 18.0 Å². The van der Waals surface area contributed by atoms with Crippen LogP contribution in [-0.2, 0) is 23.9 Å². The molecule has 0 aliphatic rings. The molecular formula is C20H20F3N3O. The molecule has 0 saturated heterocycles. The van der Waals surface area contributed by atoms with E-state index in [1.165, 1.54) is 12.1 Å². The van der Waals surface area contributed by atoms with Gasteiger partial charge in [0.2, 0.25) is 5.91 Å². The zero-order valence-corrected chi connectivity index (χ0v) is 14.9. The highest BCUT2D eigenvalue weighted by molar-refractivity contribution is 5.78. The minimum absolute atomic E-state index is 0.0607. The summed E-state index contributed by atoms with van der Waals surface area (Å²) in [4.78, 5) is 16.5. The molecule has 1 heterocycles. The third kappa shape index (κ3) is 4.67. The van der Waals surface area contributed by atoms with Crippen molar-refractivity contribution >= 4 is 16.9 Å². The SMILES string of the molecule is Cc1nc2ccccc2n1CCCNC(=O)Cc1ccc(C(F)(F)F)cc1. The number of alkyl halides is 3. The van der Waals surface area contributed by atoms with Crippen LogP contribution in [0.25, 0.3) is 11.0 Å². The lowest BCUT2D eigenvalue weighted by Crippen LogP contribution is -2.26. The zero-order chi connectivity index (χ0) is 19.4. The van der Waals surface area contributed by atoms with E-state index in [0.717, 1.165) is 42.0 Å². The third-order valence-corrected chi connectivity index (χ3v) is 4.37. The first-order valence-corrected chi connectivity index (χ1v) is 8.69. The van der Waals surface area contributed by atoms with Crippen molar-refractivity contribution in [1.82, 2.24) is 14.9 Å². The lowest BCUT2D eigenvalue weighted by Gasteiger charge is -2.09. The molecule has 0 radical (unpaired) electrons. The fourth-order valence-electron chi connectivity index (χ4n) is 3.00. The van der Waals surface area contributed by atoms with Gasteiger partial charge in [-0.1, -0.05) is 24.3 Å². The molecule has 1 amide bonds. The predicted molar refractivity (Wildman–Crippen MR) is 97.2 cm³/mol. The summed E-state index contributed by atoms with van der Waals surface area (Å²) in [6.45, 7) is 3.17. The van der Waals surface area contributed by atoms with Gasteiger partial charge in [-0.3, -0.25) is 4.79 Å². The molecule has 1 aromatic heterocycles. The number of hydrogen-bond donors (Lipinski definition) is 1. The monoisotopic (exact) mass is 375 g/mol. The van der Waals surface area contributed by atoms with Crippen LogP contribution < -0.4 is 5.32 Å². The van der Waals surface area contributed by atoms with Gasteiger partial charge in [0.15, 0.2) is 0 Å². The summed E-state index contributed by atoms with van der Waals surface area (Å²) in [5, 5.41) is 2.81. The van der Waals surface area contributed by atoms with Crippen LogP contribution >= 0.6 is 0 Å². The Morgan fingerprint density at radius 2 is 1.81 bits per heavy atom. The van der Waals surface area contributed by atoms with E-state index >= 15 is 0 Å². The number of para-hydroxylation sites is 2. The lowest BCUT2D eigenvalue weighted by atomic mass is 10.1. The van der Waals surface area contributed by atoms with Gasteiger partial charge in [-0.15, -0.1) is 0 Å². The van der Waals surface area contributed by atoms with Gasteiger partial charge in [-0.05, 0) is 43.2 Å². The highest BCUT2D eigenvalue weighted by atomic mass is 19.4. The molecule has 3 rings (SSSR count). The Hall–Kier alpha value is -2.83. The number of nitrogens with one attached hydrogen (secondary N) is 1. The first-order valence-electron chi connectivity index (χ1n) is 8.69. The van der Waals surface area contributed by atoms with Gasteiger partial charge in [0.05, 0.1) is 23.0 Å². The number of rotatable bonds is 6. The summed E-state index contributed by atoms with van der Waals surface area (Å²) in [5.41, 5.74) is 1.85. The van der Waals surface area contributed by atoms with Gasteiger partial charge in [0.1, 0.15) is 5.82 Å². The number of imidazole rings is 1. The van der Waals surface area contributed by atoms with Crippen molar-refractivity contribution in [3.8, 4) is 0 Å². The maximum atomic E-state index is 12.5. The molecule has 0 spiro atoms. The molecule has 0 aliphatic carbocycles. The van der Waals surface area contributed by atoms with E-state index in [2.05, 4.69) is 14.9 Å². The summed E-state index contributed by atoms with van der Waals surface area (Å²) in [6, 6.07) is 12.5. The fraction of sp³-hybridized carbons (Fsp3) is 0.300. The van der Waals surface area contributed by atoms with Crippen molar-refractivity contribution in [2.75, 3.05) is 6.54 Å². The van der Waals surface area contributed by atoms with E-state index in [1.807, 2.05) is 31.2 Å². The number of amides is 1. The maximum absolute atomic E-state index is 12.5. The normalized spacial score (nSPS) is 11.7. The Morgan fingerprint density at radius 3 is 2.52 bits per heavy atom. The highest BCUT2D eigenvalue weighted by Gasteiger charge is 2.29. The largest absolute Gasteiger partial charge is 0.416 e. The quantitative estimate of drug-likeness (QED) is 0.659. The standard InChI is InChI=1S/C20H20F3N3O/c1-14-25-17-5-2-3-6-18(17)26(14)12-4-11-24-19(27)13-15-7-9-16(10-8-15)20(21,22)23/h2-3,5-10H,4,11-13H2,1H3,(H,24,27). The third-order valence-electron chi connectivity index (χ3n) is 4.37. The number of aromatic nitrogens is 2. The maximum Gasteiger partial charge on any atom is 0.416 e. The lowest BCUT2D eigenvalue weighted by molar-refractivity contribution is -0.137. The number of carbonyl (C=O) groups is 1. The highest BCUT2D eigenvalue weighted by Crippen LogP contribution is 2.29. The van der Waals surface area contributed by atoms with Crippen molar-refractivity contribution in [1.29, 1.82) is 0 Å². The second-order valence-electron chi connectivity index (χ2n) is 6.37. The average Bonchev–Trinajstić information content (AvgIpc) is 2.94. The first kappa shape index (κ1) is 18.9. The molecule has 1 N–H and O–H groups in total. The Bertz CT molecular complexity index is 930. The van der Waals surface area contributed by atoms with Gasteiger partial charge in [-0.2, -0.15) is 13.2 Å². The Labute approximate surface area is 155 Å². The fourth-order valence-corrected chi connectivity index (χ4v) is 3.00. The molecule has 2 aromatic carbocycles. The molecule has 142 valence electrons. The molecule has 0 atom stereocenters. The number of carbonyl (C=O) groups excluding carboxylic acids is 1. The van der Waals surface area contributed by atoms with Crippen LogP contribution in [0.15, 0.2) is 48.5 Å². The van der Waals surface area contributed by atoms with Gasteiger partial charge >= 0.3 is 6.18 Å². The van der Waals surface area contributed by atoms with Crippen LogP contribution in [0.2, 0.25) is 0 Å². The summed E-state index contributed by atoms with van der Waals surface area (Å²) in [7, 11) is 0. The van der Waals surface area contributed by atoms with E-state index in [4.69, 9.17) is 0 Å². The van der Waals surface area contributed by atoms with Crippen LogP contribution in [0, 0.1) is 6.92 Å². The Morgan fingerprint density at radius 1 is 1.11 bits per heavy atom. The van der Waals surface area contributed by atoms with E-state index in [-0.39, 0.29) is 12.3 Å². The molecule has 3 aromatic rings. The van der Waals surface area contributed by atoms with Gasteiger partial charge in [0.25, 0.3) is 0 Å². The van der Waals surface area contributed by atoms with Crippen molar-refractivity contribution in [2.24, 2.45) is 0 Å². The van der Waals surface area contributed by atoms with Gasteiger partial charge < -0.3 is 9.88 Å². The predicted octanol–water partition coefficient (Wildman–Crippen LogP) is 4.11. The summed E-state index contributed by atoms with van der Waals surface area (Å²) in [5.74, 6) is 0.717. The number of halogens is 3. The second kappa shape index (κ2) is 7.82. The van der Waals surface area contributed by atoms with Crippen LogP contribution in [0.5, 0.6) is 0 Å². The minimum atomic E-state index is -4.36. The smallest absolute Gasteiger partial charge is 0.356 e. The molecule has 0 unspecified atom stereocenters. The molecular weight excluding hydrogens is 355 g/mol. The topological polar surface area (TPSA) is 46.9 Å². The van der Waals surface area contributed by atoms with Crippen molar-refractivity contribution in [3.05, 3.63) is 65.5 Å². The summed E-state index contributed by atoms with van der Waals surface area (Å²) in [6.07, 6.45) is -3.57. The molecule has 0 saturated carbocycles. The number of aryl methyl sites for hydroxylation is 2. The van der Waals surface area contributed by atoms with E-state index in [0.29, 0.717) is 12.1 Å². The number of nitrogens with zero attached hydrogens (tertiary/aromatic N) is 2. The molecule has 4 nitrogen and oxygen atoms in total. The number of fused-ring (bicyclic) bond motifs is 1. The second-order valence-corrected chi connectivity index (χ2v) is 6.37. The van der Waals surface area contributed by atoms with Gasteiger partial charge in [-0.25, -0.2) is 4.98 Å². The van der Waals surface area contributed by atoms with E-state index < -0.39 is 11.7 Å². The first-order chi connectivity index (χ1) is 12.8. The molecule has 0 fully saturated rings. The Kier molecular flexibility index (Phi) is 5.48. The van der Waals surface area contributed by atoms with E-state index in [9.17, 15) is 18.0 Å². The zero-order valence-electron chi connectivity index (χ0n) is 14.9. The summed E-state index contributed by atoms with van der Waals surface area (Å²) < 4.78 is 39.7. The molecule has 27 heavy (non-hydrogen) atoms. The molecule has 0 bridgehead atoms. The van der Waals surface area contributed by atoms with Crippen LogP contribution in [0.4, 0.5) is 13.2 Å². The average molecular weight is 375 g/mol. The van der Waals surface area contributed by atoms with Crippen LogP contribution in [0.3, 0.4) is 0 Å². The van der Waals surface area contributed by atoms with Crippen molar-refractivity contribution in [3.63, 3.8) is 0 Å². The van der Waals surface area contributed by atoms with Gasteiger partial charge in [0, 0.05) is 13.1 Å². The number of benzene rings is 2. The van der Waals surface area contributed by atoms with E-state index in [1.54, 1.807) is 0 Å². The summed E-state index contributed by atoms with van der Waals surface area (Å²) >= 11 is 0. The minimum Gasteiger partial charge on any atom is -0.356 e. The van der Waals surface area contributed by atoms with Crippen LogP contribution in [0.1, 0.15) is 23.4 Å². The number of hydrogen-bond acceptors (Lipinski definition) is 2. The molecule has 0 aliphatic heterocycles.